The number of rotatable bonds is 2. The molecule has 3 aromatic rings. The maximum absolute atomic E-state index is 13.4. The van der Waals surface area contributed by atoms with Crippen LogP contribution in [0.1, 0.15) is 17.1 Å². The number of hydrogen-bond donors (Lipinski definition) is 1. The molecule has 0 fully saturated rings. The molecule has 0 aliphatic carbocycles. The van der Waals surface area contributed by atoms with Crippen molar-refractivity contribution in [3.63, 3.8) is 0 Å². The number of nitrogens with zero attached hydrogens (tertiary/aromatic N) is 4. The molecule has 2 N–H and O–H groups in total. The van der Waals surface area contributed by atoms with E-state index in [0.29, 0.717) is 10.2 Å². The Hall–Kier alpha value is -2.75. The molecule has 0 bridgehead atoms. The number of fused-ring (bicyclic) bond motifs is 1. The van der Waals surface area contributed by atoms with Crippen molar-refractivity contribution in [2.24, 2.45) is 0 Å². The van der Waals surface area contributed by atoms with Gasteiger partial charge in [-0.15, -0.1) is 5.10 Å². The van der Waals surface area contributed by atoms with Crippen LogP contribution in [0.25, 0.3) is 16.7 Å². The highest BCUT2D eigenvalue weighted by Crippen LogP contribution is 2.40. The standard InChI is InChI=1S/C17H9Cl2F6N5O/c1-31-4-2-3-7-5-8(18)11(9(19)6-7)30-13(26)10-12(16(20,21)22)27-15(17(23,24)25)28-14(10)29-30/h5-6H,4,26H2,1H3. The Morgan fingerprint density at radius 2 is 1.68 bits per heavy atom. The Bertz CT molecular complexity index is 1200. The van der Waals surface area contributed by atoms with Gasteiger partial charge in [0, 0.05) is 12.7 Å². The normalized spacial score (nSPS) is 12.2. The van der Waals surface area contributed by atoms with Crippen LogP contribution in [-0.2, 0) is 17.1 Å². The first kappa shape index (κ1) is 22.9. The summed E-state index contributed by atoms with van der Waals surface area (Å²) >= 11 is 12.4. The van der Waals surface area contributed by atoms with Crippen molar-refractivity contribution in [1.29, 1.82) is 0 Å². The van der Waals surface area contributed by atoms with Crippen LogP contribution in [0.15, 0.2) is 12.1 Å². The Labute approximate surface area is 179 Å². The van der Waals surface area contributed by atoms with Crippen molar-refractivity contribution in [3.05, 3.63) is 39.3 Å². The Morgan fingerprint density at radius 1 is 1.06 bits per heavy atom. The SMILES string of the molecule is COCC#Cc1cc(Cl)c(-n2nc3nc(C(F)(F)F)nc(C(F)(F)F)c3c2N)c(Cl)c1. The highest BCUT2D eigenvalue weighted by Gasteiger charge is 2.43. The summed E-state index contributed by atoms with van der Waals surface area (Å²) in [4.78, 5) is 5.71. The number of alkyl halides is 6. The molecule has 0 aliphatic rings. The van der Waals surface area contributed by atoms with Gasteiger partial charge in [-0.05, 0) is 12.1 Å². The van der Waals surface area contributed by atoms with E-state index in [9.17, 15) is 26.3 Å². The summed E-state index contributed by atoms with van der Waals surface area (Å²) in [6, 6.07) is 2.66. The molecule has 0 atom stereocenters. The third-order valence-corrected chi connectivity index (χ3v) is 4.35. The van der Waals surface area contributed by atoms with Crippen LogP contribution in [0, 0.1) is 11.8 Å². The second-order valence-electron chi connectivity index (χ2n) is 5.91. The topological polar surface area (TPSA) is 78.8 Å². The molecule has 2 heterocycles. The molecule has 31 heavy (non-hydrogen) atoms. The summed E-state index contributed by atoms with van der Waals surface area (Å²) in [5, 5.41) is 2.52. The maximum Gasteiger partial charge on any atom is 0.451 e. The lowest BCUT2D eigenvalue weighted by Gasteiger charge is -2.11. The number of nitrogens with two attached hydrogens (primary N) is 1. The number of benzene rings is 1. The molecule has 0 saturated carbocycles. The highest BCUT2D eigenvalue weighted by molar-refractivity contribution is 6.38. The Kier molecular flexibility index (Phi) is 5.96. The molecule has 0 radical (unpaired) electrons. The lowest BCUT2D eigenvalue weighted by atomic mass is 10.2. The molecule has 164 valence electrons. The van der Waals surface area contributed by atoms with Gasteiger partial charge < -0.3 is 10.5 Å². The van der Waals surface area contributed by atoms with E-state index in [4.69, 9.17) is 33.7 Å². The number of aromatic nitrogens is 4. The number of anilines is 1. The van der Waals surface area contributed by atoms with Gasteiger partial charge in [-0.1, -0.05) is 35.0 Å². The van der Waals surface area contributed by atoms with Crippen LogP contribution in [-0.4, -0.2) is 33.5 Å². The zero-order valence-electron chi connectivity index (χ0n) is 15.2. The van der Waals surface area contributed by atoms with Gasteiger partial charge in [-0.3, -0.25) is 0 Å². The Balaban J connectivity index is 2.28. The fourth-order valence-corrected chi connectivity index (χ4v) is 3.21. The minimum Gasteiger partial charge on any atom is -0.383 e. The van der Waals surface area contributed by atoms with Gasteiger partial charge >= 0.3 is 12.4 Å². The molecular formula is C17H9Cl2F6N5O. The van der Waals surface area contributed by atoms with Crippen molar-refractivity contribution in [2.75, 3.05) is 19.5 Å². The fraction of sp³-hybridized carbons (Fsp3) is 0.235. The van der Waals surface area contributed by atoms with Gasteiger partial charge in [-0.25, -0.2) is 14.6 Å². The van der Waals surface area contributed by atoms with Crippen LogP contribution >= 0.6 is 23.2 Å². The number of nitrogen functional groups attached to an aromatic ring is 1. The third-order valence-electron chi connectivity index (χ3n) is 3.77. The second kappa shape index (κ2) is 8.07. The minimum absolute atomic E-state index is 0.119. The van der Waals surface area contributed by atoms with E-state index >= 15 is 0 Å². The first-order valence-corrected chi connectivity index (χ1v) is 8.78. The third kappa shape index (κ3) is 4.48. The molecule has 3 rings (SSSR count). The minimum atomic E-state index is -5.27. The van der Waals surface area contributed by atoms with Crippen LogP contribution in [0.2, 0.25) is 10.0 Å². The zero-order chi connectivity index (χ0) is 23.1. The van der Waals surface area contributed by atoms with Crippen LogP contribution in [0.5, 0.6) is 0 Å². The van der Waals surface area contributed by atoms with Gasteiger partial charge in [0.15, 0.2) is 11.3 Å². The fourth-order valence-electron chi connectivity index (χ4n) is 2.56. The number of hydrogen-bond acceptors (Lipinski definition) is 5. The van der Waals surface area contributed by atoms with Crippen molar-refractivity contribution < 1.29 is 31.1 Å². The average Bonchev–Trinajstić information content (AvgIpc) is 2.96. The van der Waals surface area contributed by atoms with Gasteiger partial charge in [0.1, 0.15) is 18.1 Å². The molecule has 6 nitrogen and oxygen atoms in total. The number of halogens is 8. The summed E-state index contributed by atoms with van der Waals surface area (Å²) in [7, 11) is 1.44. The summed E-state index contributed by atoms with van der Waals surface area (Å²) in [6.45, 7) is 0.120. The lowest BCUT2D eigenvalue weighted by molar-refractivity contribution is -0.151. The van der Waals surface area contributed by atoms with Crippen molar-refractivity contribution in [1.82, 2.24) is 19.7 Å². The predicted molar refractivity (Wildman–Crippen MR) is 99.9 cm³/mol. The smallest absolute Gasteiger partial charge is 0.383 e. The number of methoxy groups -OCH3 is 1. The van der Waals surface area contributed by atoms with E-state index in [1.165, 1.54) is 19.2 Å². The van der Waals surface area contributed by atoms with E-state index in [1.54, 1.807) is 0 Å². The van der Waals surface area contributed by atoms with E-state index in [-0.39, 0.29) is 22.3 Å². The van der Waals surface area contributed by atoms with Gasteiger partial charge in [0.2, 0.25) is 5.82 Å². The quantitative estimate of drug-likeness (QED) is 0.420. The largest absolute Gasteiger partial charge is 0.451 e. The van der Waals surface area contributed by atoms with Crippen LogP contribution in [0.3, 0.4) is 0 Å². The van der Waals surface area contributed by atoms with E-state index in [0.717, 1.165) is 0 Å². The van der Waals surface area contributed by atoms with Crippen molar-refractivity contribution in [2.45, 2.75) is 12.4 Å². The van der Waals surface area contributed by atoms with Gasteiger partial charge in [0.05, 0.1) is 15.4 Å². The molecule has 0 amide bonds. The summed E-state index contributed by atoms with van der Waals surface area (Å²) < 4.78 is 84.7. The monoisotopic (exact) mass is 483 g/mol. The molecular weight excluding hydrogens is 475 g/mol. The predicted octanol–water partition coefficient (Wildman–Crippen LogP) is 4.74. The lowest BCUT2D eigenvalue weighted by Crippen LogP contribution is -2.17. The second-order valence-corrected chi connectivity index (χ2v) is 6.72. The summed E-state index contributed by atoms with van der Waals surface area (Å²) in [5.74, 6) is 2.64. The summed E-state index contributed by atoms with van der Waals surface area (Å²) in [5.41, 5.74) is 3.14. The average molecular weight is 484 g/mol. The molecule has 14 heteroatoms. The summed E-state index contributed by atoms with van der Waals surface area (Å²) in [6.07, 6.45) is -10.5. The molecule has 0 saturated heterocycles. The van der Waals surface area contributed by atoms with E-state index in [2.05, 4.69) is 26.9 Å². The molecule has 0 spiro atoms. The Morgan fingerprint density at radius 3 is 2.19 bits per heavy atom. The van der Waals surface area contributed by atoms with Crippen LogP contribution < -0.4 is 5.73 Å². The maximum atomic E-state index is 13.4. The molecule has 0 aliphatic heterocycles. The van der Waals surface area contributed by atoms with Crippen molar-refractivity contribution in [3.8, 4) is 17.5 Å². The van der Waals surface area contributed by atoms with E-state index < -0.39 is 40.7 Å². The molecule has 1 aromatic carbocycles. The van der Waals surface area contributed by atoms with E-state index in [1.807, 2.05) is 0 Å². The zero-order valence-corrected chi connectivity index (χ0v) is 16.7. The highest BCUT2D eigenvalue weighted by atomic mass is 35.5. The first-order valence-electron chi connectivity index (χ1n) is 8.02. The van der Waals surface area contributed by atoms with Gasteiger partial charge in [-0.2, -0.15) is 26.3 Å². The van der Waals surface area contributed by atoms with Crippen molar-refractivity contribution >= 4 is 40.1 Å². The molecule has 0 unspecified atom stereocenters. The first-order chi connectivity index (χ1) is 14.3. The number of ether oxygens (including phenoxy) is 1. The van der Waals surface area contributed by atoms with Gasteiger partial charge in [0.25, 0.3) is 0 Å². The molecule has 2 aromatic heterocycles. The van der Waals surface area contributed by atoms with Crippen LogP contribution in [0.4, 0.5) is 32.2 Å².